The van der Waals surface area contributed by atoms with Crippen molar-refractivity contribution in [2.45, 2.75) is 89.2 Å². The van der Waals surface area contributed by atoms with Crippen molar-refractivity contribution in [3.8, 4) is 17.2 Å². The lowest BCUT2D eigenvalue weighted by molar-refractivity contribution is -0.132. The van der Waals surface area contributed by atoms with E-state index in [-0.39, 0.29) is 17.4 Å². The summed E-state index contributed by atoms with van der Waals surface area (Å²) < 4.78 is 17.2. The first-order valence-corrected chi connectivity index (χ1v) is 16.6. The molecule has 7 nitrogen and oxygen atoms in total. The van der Waals surface area contributed by atoms with Crippen LogP contribution in [0, 0.1) is 0 Å². The van der Waals surface area contributed by atoms with Gasteiger partial charge in [0.05, 0.1) is 26.7 Å². The minimum atomic E-state index is -0.128. The Balaban J connectivity index is 1.30. The van der Waals surface area contributed by atoms with Gasteiger partial charge in [-0.05, 0) is 87.9 Å². The molecule has 2 aromatic rings. The molecule has 1 aliphatic carbocycles. The van der Waals surface area contributed by atoms with Crippen LogP contribution in [0.3, 0.4) is 0 Å². The number of likely N-dealkylation sites (tertiary alicyclic amines) is 1. The van der Waals surface area contributed by atoms with E-state index in [1.165, 1.54) is 50.8 Å². The summed E-state index contributed by atoms with van der Waals surface area (Å²) in [6.45, 7) is 11.2. The zero-order valence-corrected chi connectivity index (χ0v) is 27.0. The van der Waals surface area contributed by atoms with Crippen molar-refractivity contribution >= 4 is 5.91 Å². The molecule has 0 bridgehead atoms. The van der Waals surface area contributed by atoms with Crippen LogP contribution in [0.4, 0.5) is 0 Å². The van der Waals surface area contributed by atoms with E-state index < -0.39 is 0 Å². The summed E-state index contributed by atoms with van der Waals surface area (Å²) in [6.07, 6.45) is 10.5. The fourth-order valence-electron chi connectivity index (χ4n) is 7.55. The first kappa shape index (κ1) is 31.6. The van der Waals surface area contributed by atoms with Crippen molar-refractivity contribution in [2.24, 2.45) is 0 Å². The van der Waals surface area contributed by atoms with Crippen LogP contribution in [0.5, 0.6) is 17.2 Å². The summed E-state index contributed by atoms with van der Waals surface area (Å²) in [4.78, 5) is 21.3. The van der Waals surface area contributed by atoms with E-state index in [4.69, 9.17) is 14.2 Å². The third-order valence-corrected chi connectivity index (χ3v) is 9.96. The molecule has 0 N–H and O–H groups in total. The number of amides is 1. The van der Waals surface area contributed by atoms with E-state index in [2.05, 4.69) is 26.8 Å². The number of carbonyl (C=O) groups excluding carboxylic acids is 1. The number of piperazine rings is 1. The van der Waals surface area contributed by atoms with E-state index >= 15 is 0 Å². The lowest BCUT2D eigenvalue weighted by atomic mass is 9.71. The van der Waals surface area contributed by atoms with Crippen LogP contribution in [0.25, 0.3) is 0 Å². The van der Waals surface area contributed by atoms with Crippen molar-refractivity contribution in [2.75, 3.05) is 60.0 Å². The smallest absolute Gasteiger partial charge is 0.227 e. The number of benzene rings is 2. The Morgan fingerprint density at radius 3 is 2.40 bits per heavy atom. The van der Waals surface area contributed by atoms with Crippen LogP contribution in [0.2, 0.25) is 0 Å². The SMILES string of the molecule is COc1ccc(C2(CCN3CCN(C4CCCCC4)CC3)CCCN(C(=O)Cc3cccc(OC(C)C)c3)C2)cc1OC. The highest BCUT2D eigenvalue weighted by molar-refractivity contribution is 5.79. The molecule has 3 fully saturated rings. The zero-order valence-electron chi connectivity index (χ0n) is 27.0. The molecule has 1 amide bonds. The summed E-state index contributed by atoms with van der Waals surface area (Å²) in [5.41, 5.74) is 2.12. The Labute approximate surface area is 259 Å². The number of nitrogens with zero attached hydrogens (tertiary/aromatic N) is 3. The van der Waals surface area contributed by atoms with Crippen LogP contribution < -0.4 is 14.2 Å². The maximum absolute atomic E-state index is 13.8. The molecule has 0 aromatic heterocycles. The lowest BCUT2D eigenvalue weighted by Crippen LogP contribution is -2.53. The van der Waals surface area contributed by atoms with E-state index in [9.17, 15) is 4.79 Å². The fourth-order valence-corrected chi connectivity index (χ4v) is 7.55. The van der Waals surface area contributed by atoms with Gasteiger partial charge in [-0.3, -0.25) is 9.69 Å². The van der Waals surface area contributed by atoms with Gasteiger partial charge >= 0.3 is 0 Å². The average Bonchev–Trinajstić information content (AvgIpc) is 3.04. The van der Waals surface area contributed by atoms with E-state index in [1.54, 1.807) is 14.2 Å². The van der Waals surface area contributed by atoms with Crippen molar-refractivity contribution < 1.29 is 19.0 Å². The third kappa shape index (κ3) is 8.04. The van der Waals surface area contributed by atoms with Crippen LogP contribution in [0.15, 0.2) is 42.5 Å². The Hall–Kier alpha value is -2.77. The molecule has 1 atom stereocenters. The van der Waals surface area contributed by atoms with Gasteiger partial charge in [0.15, 0.2) is 11.5 Å². The second-order valence-electron chi connectivity index (χ2n) is 13.2. The lowest BCUT2D eigenvalue weighted by Gasteiger charge is -2.46. The second-order valence-corrected chi connectivity index (χ2v) is 13.2. The molecule has 2 aliphatic heterocycles. The molecule has 43 heavy (non-hydrogen) atoms. The summed E-state index contributed by atoms with van der Waals surface area (Å²) in [5.74, 6) is 2.51. The quantitative estimate of drug-likeness (QED) is 0.323. The summed E-state index contributed by atoms with van der Waals surface area (Å²) >= 11 is 0. The molecule has 2 saturated heterocycles. The fraction of sp³-hybridized carbons (Fsp3) is 0.639. The second kappa shape index (κ2) is 14.8. The molecule has 0 spiro atoms. The molecule has 7 heteroatoms. The monoisotopic (exact) mass is 591 g/mol. The predicted molar refractivity (Wildman–Crippen MR) is 172 cm³/mol. The molecular formula is C36H53N3O4. The average molecular weight is 592 g/mol. The Morgan fingerprint density at radius 2 is 1.67 bits per heavy atom. The minimum Gasteiger partial charge on any atom is -0.493 e. The van der Waals surface area contributed by atoms with E-state index in [0.29, 0.717) is 6.42 Å². The van der Waals surface area contributed by atoms with Gasteiger partial charge in [0.2, 0.25) is 5.91 Å². The number of hydrogen-bond acceptors (Lipinski definition) is 6. The molecule has 1 saturated carbocycles. The molecule has 2 heterocycles. The zero-order chi connectivity index (χ0) is 30.2. The van der Waals surface area contributed by atoms with Gasteiger partial charge in [0.25, 0.3) is 0 Å². The van der Waals surface area contributed by atoms with Gasteiger partial charge in [-0.25, -0.2) is 0 Å². The summed E-state index contributed by atoms with van der Waals surface area (Å²) in [5, 5.41) is 0. The molecular weight excluding hydrogens is 538 g/mol. The molecule has 3 aliphatic rings. The number of piperidine rings is 1. The largest absolute Gasteiger partial charge is 0.493 e. The first-order chi connectivity index (χ1) is 20.9. The van der Waals surface area contributed by atoms with Gasteiger partial charge in [-0.2, -0.15) is 0 Å². The Bertz CT molecular complexity index is 1190. The van der Waals surface area contributed by atoms with Crippen LogP contribution in [-0.4, -0.2) is 92.8 Å². The highest BCUT2D eigenvalue weighted by Crippen LogP contribution is 2.41. The maximum atomic E-state index is 13.8. The van der Waals surface area contributed by atoms with Crippen molar-refractivity contribution in [1.29, 1.82) is 0 Å². The molecule has 0 radical (unpaired) electrons. The van der Waals surface area contributed by atoms with E-state index in [1.807, 2.05) is 44.2 Å². The highest BCUT2D eigenvalue weighted by atomic mass is 16.5. The van der Waals surface area contributed by atoms with Crippen LogP contribution in [0.1, 0.15) is 76.3 Å². The van der Waals surface area contributed by atoms with Gasteiger partial charge in [-0.15, -0.1) is 0 Å². The number of methoxy groups -OCH3 is 2. The number of carbonyl (C=O) groups is 1. The molecule has 1 unspecified atom stereocenters. The highest BCUT2D eigenvalue weighted by Gasteiger charge is 2.39. The van der Waals surface area contributed by atoms with Crippen molar-refractivity contribution in [3.63, 3.8) is 0 Å². The van der Waals surface area contributed by atoms with Crippen molar-refractivity contribution in [3.05, 3.63) is 53.6 Å². The first-order valence-electron chi connectivity index (χ1n) is 16.6. The molecule has 2 aromatic carbocycles. The molecule has 236 valence electrons. The minimum absolute atomic E-state index is 0.102. The number of ether oxygens (including phenoxy) is 3. The van der Waals surface area contributed by atoms with Gasteiger partial charge in [0.1, 0.15) is 5.75 Å². The van der Waals surface area contributed by atoms with Crippen LogP contribution in [-0.2, 0) is 16.6 Å². The summed E-state index contributed by atoms with van der Waals surface area (Å²) in [7, 11) is 3.39. The van der Waals surface area contributed by atoms with Gasteiger partial charge in [0, 0.05) is 50.7 Å². The Kier molecular flexibility index (Phi) is 10.9. The number of rotatable bonds is 11. The Morgan fingerprint density at radius 1 is 0.907 bits per heavy atom. The van der Waals surface area contributed by atoms with Gasteiger partial charge < -0.3 is 24.0 Å². The number of hydrogen-bond donors (Lipinski definition) is 0. The summed E-state index contributed by atoms with van der Waals surface area (Å²) in [6, 6.07) is 15.2. The van der Waals surface area contributed by atoms with Crippen LogP contribution >= 0.6 is 0 Å². The topological polar surface area (TPSA) is 54.5 Å². The van der Waals surface area contributed by atoms with E-state index in [0.717, 1.165) is 80.8 Å². The normalized spacial score (nSPS) is 22.5. The molecule has 5 rings (SSSR count). The maximum Gasteiger partial charge on any atom is 0.227 e. The van der Waals surface area contributed by atoms with Gasteiger partial charge in [-0.1, -0.05) is 37.5 Å². The van der Waals surface area contributed by atoms with Crippen molar-refractivity contribution in [1.82, 2.24) is 14.7 Å². The standard InChI is InChI=1S/C36H53N3O4/c1-28(2)43-32-13-8-10-29(24-32)25-35(40)39-18-9-16-36(27-39,30-14-15-33(41-3)34(26-30)42-4)17-19-37-20-22-38(23-21-37)31-11-6-5-7-12-31/h8,10,13-15,24,26,28,31H,5-7,9,11-12,16-23,25,27H2,1-4H3. The predicted octanol–water partition coefficient (Wildman–Crippen LogP) is 5.93. The third-order valence-electron chi connectivity index (χ3n) is 9.96.